The van der Waals surface area contributed by atoms with Gasteiger partial charge in [-0.3, -0.25) is 10.2 Å². The summed E-state index contributed by atoms with van der Waals surface area (Å²) in [5.41, 5.74) is 10.0. The van der Waals surface area contributed by atoms with Crippen molar-refractivity contribution in [3.05, 3.63) is 57.4 Å². The molecule has 3 rings (SSSR count). The van der Waals surface area contributed by atoms with Gasteiger partial charge in [-0.2, -0.15) is 0 Å². The molecule has 1 aromatic carbocycles. The summed E-state index contributed by atoms with van der Waals surface area (Å²) in [6, 6.07) is 10.0. The molecule has 1 fully saturated rings. The number of hydrogen-bond donors (Lipinski definition) is 2. The van der Waals surface area contributed by atoms with Crippen molar-refractivity contribution in [2.24, 2.45) is 5.73 Å². The first-order valence-electron chi connectivity index (χ1n) is 7.16. The van der Waals surface area contributed by atoms with Crippen LogP contribution < -0.4 is 11.3 Å². The molecule has 0 spiro atoms. The number of aromatic nitrogens is 1. The molecule has 0 atom stereocenters. The Hall–Kier alpha value is -2.36. The fourth-order valence-electron chi connectivity index (χ4n) is 2.59. The van der Waals surface area contributed by atoms with E-state index in [1.54, 1.807) is 10.6 Å². The topological polar surface area (TPSA) is 71.9 Å². The Balaban J connectivity index is 2.23. The Morgan fingerprint density at radius 2 is 1.90 bits per heavy atom. The van der Waals surface area contributed by atoms with Crippen LogP contribution in [0.5, 0.6) is 0 Å². The number of nitrogens with one attached hydrogen (secondary N) is 1. The number of pyridine rings is 1. The third-order valence-corrected chi connectivity index (χ3v) is 4.12. The molecule has 0 amide bonds. The molecular formula is C17H19N3O. The van der Waals surface area contributed by atoms with Crippen LogP contribution in [0.2, 0.25) is 0 Å². The van der Waals surface area contributed by atoms with E-state index in [9.17, 15) is 4.79 Å². The lowest BCUT2D eigenvalue weighted by molar-refractivity contribution is 0.714. The summed E-state index contributed by atoms with van der Waals surface area (Å²) in [7, 11) is 0. The van der Waals surface area contributed by atoms with E-state index in [1.807, 2.05) is 12.1 Å². The number of aryl methyl sites for hydroxylation is 2. The average molecular weight is 281 g/mol. The van der Waals surface area contributed by atoms with Crippen LogP contribution in [0.3, 0.4) is 0 Å². The molecule has 4 nitrogen and oxygen atoms in total. The SMILES string of the molecule is Cc1ccc(-c2ccc(C(=N)N)c(=O)n2C2CC2)cc1C. The molecule has 4 heteroatoms. The van der Waals surface area contributed by atoms with Crippen molar-refractivity contribution < 1.29 is 0 Å². The molecule has 0 radical (unpaired) electrons. The molecule has 0 aliphatic heterocycles. The third kappa shape index (κ3) is 2.37. The lowest BCUT2D eigenvalue weighted by atomic mass is 10.0. The Kier molecular flexibility index (Phi) is 3.16. The summed E-state index contributed by atoms with van der Waals surface area (Å²) >= 11 is 0. The lowest BCUT2D eigenvalue weighted by Gasteiger charge is -2.15. The minimum Gasteiger partial charge on any atom is -0.384 e. The van der Waals surface area contributed by atoms with Crippen LogP contribution in [0.15, 0.2) is 35.1 Å². The van der Waals surface area contributed by atoms with E-state index in [2.05, 4.69) is 26.0 Å². The molecule has 1 aromatic heterocycles. The maximum Gasteiger partial charge on any atom is 0.262 e. The van der Waals surface area contributed by atoms with E-state index in [1.165, 1.54) is 11.1 Å². The Morgan fingerprint density at radius 3 is 2.48 bits per heavy atom. The van der Waals surface area contributed by atoms with Gasteiger partial charge in [0.1, 0.15) is 5.84 Å². The van der Waals surface area contributed by atoms with Gasteiger partial charge >= 0.3 is 0 Å². The van der Waals surface area contributed by atoms with Crippen LogP contribution in [0, 0.1) is 19.3 Å². The molecular weight excluding hydrogens is 262 g/mol. The van der Waals surface area contributed by atoms with Gasteiger partial charge in [0.25, 0.3) is 5.56 Å². The van der Waals surface area contributed by atoms with Crippen LogP contribution in [0.1, 0.15) is 35.6 Å². The number of amidine groups is 1. The minimum absolute atomic E-state index is 0.152. The molecule has 1 aliphatic carbocycles. The predicted octanol–water partition coefficient (Wildman–Crippen LogP) is 2.75. The molecule has 0 unspecified atom stereocenters. The molecule has 2 aromatic rings. The molecule has 21 heavy (non-hydrogen) atoms. The van der Waals surface area contributed by atoms with Crippen LogP contribution >= 0.6 is 0 Å². The zero-order valence-corrected chi connectivity index (χ0v) is 12.3. The van der Waals surface area contributed by atoms with Gasteiger partial charge < -0.3 is 10.3 Å². The number of nitrogens with zero attached hydrogens (tertiary/aromatic N) is 1. The molecule has 1 aliphatic rings. The van der Waals surface area contributed by atoms with Crippen molar-refractivity contribution in [1.82, 2.24) is 4.57 Å². The second-order valence-electron chi connectivity index (χ2n) is 5.75. The van der Waals surface area contributed by atoms with E-state index in [0.29, 0.717) is 0 Å². The van der Waals surface area contributed by atoms with E-state index >= 15 is 0 Å². The summed E-state index contributed by atoms with van der Waals surface area (Å²) in [5.74, 6) is -0.166. The van der Waals surface area contributed by atoms with E-state index in [-0.39, 0.29) is 23.0 Å². The van der Waals surface area contributed by atoms with Crippen molar-refractivity contribution in [3.63, 3.8) is 0 Å². The van der Waals surface area contributed by atoms with Crippen molar-refractivity contribution in [1.29, 1.82) is 5.41 Å². The van der Waals surface area contributed by atoms with Gasteiger partial charge in [-0.1, -0.05) is 12.1 Å². The zero-order valence-electron chi connectivity index (χ0n) is 12.3. The first-order chi connectivity index (χ1) is 9.99. The Bertz CT molecular complexity index is 785. The van der Waals surface area contributed by atoms with Gasteiger partial charge in [0.15, 0.2) is 0 Å². The van der Waals surface area contributed by atoms with Gasteiger partial charge in [-0.05, 0) is 61.6 Å². The van der Waals surface area contributed by atoms with Crippen LogP contribution in [0.25, 0.3) is 11.3 Å². The highest BCUT2D eigenvalue weighted by Crippen LogP contribution is 2.37. The smallest absolute Gasteiger partial charge is 0.262 e. The molecule has 1 heterocycles. The highest BCUT2D eigenvalue weighted by atomic mass is 16.1. The number of hydrogen-bond acceptors (Lipinski definition) is 2. The number of benzene rings is 1. The summed E-state index contributed by atoms with van der Waals surface area (Å²) in [5, 5.41) is 7.54. The van der Waals surface area contributed by atoms with E-state index in [0.717, 1.165) is 24.1 Å². The quantitative estimate of drug-likeness (QED) is 0.670. The molecule has 3 N–H and O–H groups in total. The predicted molar refractivity (Wildman–Crippen MR) is 84.9 cm³/mol. The zero-order chi connectivity index (χ0) is 15.1. The van der Waals surface area contributed by atoms with Gasteiger partial charge in [0, 0.05) is 6.04 Å². The van der Waals surface area contributed by atoms with Gasteiger partial charge in [0.05, 0.1) is 11.3 Å². The summed E-state index contributed by atoms with van der Waals surface area (Å²) in [4.78, 5) is 12.6. The highest BCUT2D eigenvalue weighted by molar-refractivity contribution is 5.94. The lowest BCUT2D eigenvalue weighted by Crippen LogP contribution is -2.30. The fourth-order valence-corrected chi connectivity index (χ4v) is 2.59. The van der Waals surface area contributed by atoms with E-state index < -0.39 is 0 Å². The van der Waals surface area contributed by atoms with Crippen molar-refractivity contribution >= 4 is 5.84 Å². The second-order valence-corrected chi connectivity index (χ2v) is 5.75. The second kappa shape index (κ2) is 4.88. The van der Waals surface area contributed by atoms with Crippen molar-refractivity contribution in [2.75, 3.05) is 0 Å². The van der Waals surface area contributed by atoms with Gasteiger partial charge in [-0.15, -0.1) is 0 Å². The maximum atomic E-state index is 12.6. The van der Waals surface area contributed by atoms with E-state index in [4.69, 9.17) is 11.1 Å². The highest BCUT2D eigenvalue weighted by Gasteiger charge is 2.28. The number of nitrogen functional groups attached to an aromatic ring is 1. The van der Waals surface area contributed by atoms with Gasteiger partial charge in [-0.25, -0.2) is 0 Å². The average Bonchev–Trinajstić information content (AvgIpc) is 3.25. The number of rotatable bonds is 3. The van der Waals surface area contributed by atoms with Gasteiger partial charge in [0.2, 0.25) is 0 Å². The molecule has 0 saturated heterocycles. The maximum absolute atomic E-state index is 12.6. The molecule has 1 saturated carbocycles. The largest absolute Gasteiger partial charge is 0.384 e. The summed E-state index contributed by atoms with van der Waals surface area (Å²) in [6.07, 6.45) is 2.03. The normalized spacial score (nSPS) is 14.2. The van der Waals surface area contributed by atoms with Crippen molar-refractivity contribution in [3.8, 4) is 11.3 Å². The summed E-state index contributed by atoms with van der Waals surface area (Å²) < 4.78 is 1.81. The molecule has 0 bridgehead atoms. The monoisotopic (exact) mass is 281 g/mol. The first kappa shape index (κ1) is 13.6. The van der Waals surface area contributed by atoms with Crippen LogP contribution in [-0.2, 0) is 0 Å². The number of nitrogens with two attached hydrogens (primary N) is 1. The van der Waals surface area contributed by atoms with Crippen molar-refractivity contribution in [2.45, 2.75) is 32.7 Å². The van der Waals surface area contributed by atoms with Crippen LogP contribution in [0.4, 0.5) is 0 Å². The third-order valence-electron chi connectivity index (χ3n) is 4.12. The first-order valence-corrected chi connectivity index (χ1v) is 7.16. The Morgan fingerprint density at radius 1 is 1.19 bits per heavy atom. The van der Waals surface area contributed by atoms with Crippen LogP contribution in [-0.4, -0.2) is 10.4 Å². The summed E-state index contributed by atoms with van der Waals surface area (Å²) in [6.45, 7) is 4.15. The Labute approximate surface area is 123 Å². The molecule has 108 valence electrons. The standard InChI is InChI=1S/C17H19N3O/c1-10-3-4-12(9-11(10)2)15-8-7-14(16(18)19)17(21)20(15)13-5-6-13/h3-4,7-9,13H,5-6H2,1-2H3,(H3,18,19). The minimum atomic E-state index is -0.166. The fraction of sp³-hybridized carbons (Fsp3) is 0.294.